The van der Waals surface area contributed by atoms with Crippen molar-refractivity contribution in [1.82, 2.24) is 0 Å². The average molecular weight is 330 g/mol. The summed E-state index contributed by atoms with van der Waals surface area (Å²) in [4.78, 5) is 23.9. The molecule has 1 N–H and O–H groups in total. The number of hydrogen-bond donors (Lipinski definition) is 1. The van der Waals surface area contributed by atoms with Crippen LogP contribution in [0.2, 0.25) is 0 Å². The molecule has 122 valence electrons. The predicted molar refractivity (Wildman–Crippen MR) is 81.0 cm³/mol. The monoisotopic (exact) mass is 330 g/mol. The summed E-state index contributed by atoms with van der Waals surface area (Å²) in [5.74, 6) is -3.69. The molecule has 1 amide bonds. The van der Waals surface area contributed by atoms with Gasteiger partial charge in [-0.3, -0.25) is 4.79 Å². The van der Waals surface area contributed by atoms with E-state index in [4.69, 9.17) is 10.00 Å². The quantitative estimate of drug-likeness (QED) is 0.874. The summed E-state index contributed by atoms with van der Waals surface area (Å²) in [7, 11) is 0. The second kappa shape index (κ2) is 7.33. The van der Waals surface area contributed by atoms with Gasteiger partial charge in [0.25, 0.3) is 5.91 Å². The molecule has 24 heavy (non-hydrogen) atoms. The Morgan fingerprint density at radius 3 is 2.58 bits per heavy atom. The number of nitrogens with one attached hydrogen (secondary N) is 1. The highest BCUT2D eigenvalue weighted by Gasteiger charge is 2.22. The number of hydrogen-bond acceptors (Lipinski definition) is 4. The fraction of sp³-hybridized carbons (Fsp3) is 0.118. The molecule has 0 radical (unpaired) electrons. The summed E-state index contributed by atoms with van der Waals surface area (Å²) in [6.45, 7) is 1.30. The number of nitriles is 1. The topological polar surface area (TPSA) is 79.2 Å². The van der Waals surface area contributed by atoms with Crippen LogP contribution < -0.4 is 5.32 Å². The molecule has 7 heteroatoms. The van der Waals surface area contributed by atoms with E-state index in [1.54, 1.807) is 12.1 Å². The Balaban J connectivity index is 2.06. The number of benzene rings is 2. The summed E-state index contributed by atoms with van der Waals surface area (Å²) in [5.41, 5.74) is 0.0308. The van der Waals surface area contributed by atoms with Gasteiger partial charge in [0.2, 0.25) is 0 Å². The number of halogens is 2. The average Bonchev–Trinajstić information content (AvgIpc) is 2.55. The molecule has 2 aromatic carbocycles. The van der Waals surface area contributed by atoms with Crippen LogP contribution in [0.1, 0.15) is 22.8 Å². The van der Waals surface area contributed by atoms with E-state index in [2.05, 4.69) is 5.32 Å². The summed E-state index contributed by atoms with van der Waals surface area (Å²) in [6, 6.07) is 10.6. The van der Waals surface area contributed by atoms with E-state index in [0.717, 1.165) is 12.1 Å². The molecule has 1 unspecified atom stereocenters. The van der Waals surface area contributed by atoms with Gasteiger partial charge in [0, 0.05) is 6.07 Å². The van der Waals surface area contributed by atoms with Gasteiger partial charge in [0.15, 0.2) is 6.10 Å². The third-order valence-electron chi connectivity index (χ3n) is 3.11. The van der Waals surface area contributed by atoms with Crippen LogP contribution in [-0.2, 0) is 9.53 Å². The van der Waals surface area contributed by atoms with Crippen molar-refractivity contribution < 1.29 is 23.1 Å². The molecule has 0 heterocycles. The number of nitrogens with zero attached hydrogens (tertiary/aromatic N) is 1. The third-order valence-corrected chi connectivity index (χ3v) is 3.11. The highest BCUT2D eigenvalue weighted by molar-refractivity contribution is 5.98. The maximum Gasteiger partial charge on any atom is 0.341 e. The zero-order valence-corrected chi connectivity index (χ0v) is 12.5. The van der Waals surface area contributed by atoms with Gasteiger partial charge in [-0.2, -0.15) is 5.26 Å². The van der Waals surface area contributed by atoms with Crippen LogP contribution in [-0.4, -0.2) is 18.0 Å². The second-order valence-corrected chi connectivity index (χ2v) is 4.82. The van der Waals surface area contributed by atoms with Gasteiger partial charge in [0.05, 0.1) is 16.8 Å². The molecular weight excluding hydrogens is 318 g/mol. The van der Waals surface area contributed by atoms with E-state index < -0.39 is 35.2 Å². The summed E-state index contributed by atoms with van der Waals surface area (Å²) in [5, 5.41) is 11.4. The van der Waals surface area contributed by atoms with E-state index in [-0.39, 0.29) is 11.3 Å². The molecule has 0 saturated heterocycles. The molecule has 0 bridgehead atoms. The lowest BCUT2D eigenvalue weighted by atomic mass is 10.2. The Bertz CT molecular complexity index is 831. The van der Waals surface area contributed by atoms with E-state index in [1.165, 1.54) is 19.1 Å². The molecule has 0 aliphatic heterocycles. The molecular formula is C17H12F2N2O3. The predicted octanol–water partition coefficient (Wildman–Crippen LogP) is 3.02. The lowest BCUT2D eigenvalue weighted by Crippen LogP contribution is -2.30. The van der Waals surface area contributed by atoms with Gasteiger partial charge >= 0.3 is 5.97 Å². The second-order valence-electron chi connectivity index (χ2n) is 4.82. The van der Waals surface area contributed by atoms with Crippen molar-refractivity contribution in [2.24, 2.45) is 0 Å². The molecule has 1 atom stereocenters. The zero-order valence-electron chi connectivity index (χ0n) is 12.5. The lowest BCUT2D eigenvalue weighted by molar-refractivity contribution is -0.123. The van der Waals surface area contributed by atoms with Gasteiger partial charge in [-0.1, -0.05) is 12.1 Å². The summed E-state index contributed by atoms with van der Waals surface area (Å²) < 4.78 is 31.2. The minimum atomic E-state index is -1.24. The van der Waals surface area contributed by atoms with Crippen LogP contribution in [0.25, 0.3) is 0 Å². The highest BCUT2D eigenvalue weighted by atomic mass is 19.1. The molecule has 0 aromatic heterocycles. The normalized spacial score (nSPS) is 11.2. The van der Waals surface area contributed by atoms with Crippen LogP contribution in [0.15, 0.2) is 42.5 Å². The lowest BCUT2D eigenvalue weighted by Gasteiger charge is -2.14. The van der Waals surface area contributed by atoms with Crippen molar-refractivity contribution in [1.29, 1.82) is 5.26 Å². The van der Waals surface area contributed by atoms with Gasteiger partial charge < -0.3 is 10.1 Å². The maximum atomic E-state index is 13.5. The molecule has 2 rings (SSSR count). The first-order chi connectivity index (χ1) is 11.4. The van der Waals surface area contributed by atoms with E-state index in [1.807, 2.05) is 6.07 Å². The number of ether oxygens (including phenoxy) is 1. The number of anilines is 1. The molecule has 5 nitrogen and oxygen atoms in total. The van der Waals surface area contributed by atoms with E-state index in [0.29, 0.717) is 6.07 Å². The largest absolute Gasteiger partial charge is 0.449 e. The van der Waals surface area contributed by atoms with Gasteiger partial charge in [-0.25, -0.2) is 13.6 Å². The van der Waals surface area contributed by atoms with Crippen molar-refractivity contribution in [2.45, 2.75) is 13.0 Å². The van der Waals surface area contributed by atoms with E-state index >= 15 is 0 Å². The van der Waals surface area contributed by atoms with Crippen molar-refractivity contribution in [3.63, 3.8) is 0 Å². The molecule has 0 aliphatic carbocycles. The fourth-order valence-corrected chi connectivity index (χ4v) is 1.86. The van der Waals surface area contributed by atoms with Crippen LogP contribution in [0.4, 0.5) is 14.5 Å². The zero-order chi connectivity index (χ0) is 17.7. The Labute approximate surface area is 136 Å². The Hall–Kier alpha value is -3.27. The molecule has 2 aromatic rings. The highest BCUT2D eigenvalue weighted by Crippen LogP contribution is 2.15. The Morgan fingerprint density at radius 2 is 1.92 bits per heavy atom. The Morgan fingerprint density at radius 1 is 1.21 bits per heavy atom. The fourth-order valence-electron chi connectivity index (χ4n) is 1.86. The van der Waals surface area contributed by atoms with Crippen molar-refractivity contribution in [2.75, 3.05) is 5.32 Å². The smallest absolute Gasteiger partial charge is 0.341 e. The number of carbonyl (C=O) groups excluding carboxylic acids is 2. The number of para-hydroxylation sites is 1. The van der Waals surface area contributed by atoms with Crippen LogP contribution in [0, 0.1) is 23.0 Å². The Kier molecular flexibility index (Phi) is 5.22. The molecule has 0 spiro atoms. The minimum Gasteiger partial charge on any atom is -0.449 e. The van der Waals surface area contributed by atoms with Crippen LogP contribution in [0.5, 0.6) is 0 Å². The molecule has 0 aliphatic rings. The number of esters is 1. The summed E-state index contributed by atoms with van der Waals surface area (Å²) in [6.07, 6.45) is -1.24. The number of carbonyl (C=O) groups is 2. The summed E-state index contributed by atoms with van der Waals surface area (Å²) >= 11 is 0. The van der Waals surface area contributed by atoms with Gasteiger partial charge in [-0.05, 0) is 31.2 Å². The van der Waals surface area contributed by atoms with Crippen LogP contribution >= 0.6 is 0 Å². The number of rotatable bonds is 4. The number of amides is 1. The third kappa shape index (κ3) is 3.93. The SMILES string of the molecule is CC(OC(=O)c1ccc(F)cc1F)C(=O)Nc1ccccc1C#N. The van der Waals surface area contributed by atoms with Crippen molar-refractivity contribution >= 4 is 17.6 Å². The van der Waals surface area contributed by atoms with Gasteiger partial charge in [0.1, 0.15) is 17.7 Å². The standard InChI is InChI=1S/C17H12F2N2O3/c1-10(16(22)21-15-5-3-2-4-11(15)9-20)24-17(23)13-7-6-12(18)8-14(13)19/h2-8,10H,1H3,(H,21,22). The van der Waals surface area contributed by atoms with Crippen molar-refractivity contribution in [3.8, 4) is 6.07 Å². The molecule has 0 saturated carbocycles. The van der Waals surface area contributed by atoms with Crippen molar-refractivity contribution in [3.05, 3.63) is 65.2 Å². The molecule has 0 fully saturated rings. The maximum absolute atomic E-state index is 13.5. The van der Waals surface area contributed by atoms with E-state index in [9.17, 15) is 18.4 Å². The minimum absolute atomic E-state index is 0.244. The first kappa shape index (κ1) is 17.1. The van der Waals surface area contributed by atoms with Gasteiger partial charge in [-0.15, -0.1) is 0 Å². The first-order valence-electron chi connectivity index (χ1n) is 6.88. The first-order valence-corrected chi connectivity index (χ1v) is 6.88. The van der Waals surface area contributed by atoms with Crippen LogP contribution in [0.3, 0.4) is 0 Å².